The lowest BCUT2D eigenvalue weighted by molar-refractivity contribution is 0.112. The van der Waals surface area contributed by atoms with Gasteiger partial charge in [0.15, 0.2) is 12.1 Å². The van der Waals surface area contributed by atoms with Crippen LogP contribution in [0.2, 0.25) is 0 Å². The van der Waals surface area contributed by atoms with Gasteiger partial charge in [0, 0.05) is 11.1 Å². The van der Waals surface area contributed by atoms with Crippen LogP contribution in [-0.2, 0) is 0 Å². The number of aldehydes is 1. The predicted octanol–water partition coefficient (Wildman–Crippen LogP) is 1.15. The van der Waals surface area contributed by atoms with E-state index in [9.17, 15) is 4.79 Å². The van der Waals surface area contributed by atoms with Crippen LogP contribution >= 0.6 is 0 Å². The second-order valence-electron chi connectivity index (χ2n) is 2.27. The number of nitrogens with one attached hydrogen (secondary N) is 1. The van der Waals surface area contributed by atoms with Crippen molar-refractivity contribution in [1.82, 2.24) is 0 Å². The van der Waals surface area contributed by atoms with Crippen molar-refractivity contribution in [3.63, 3.8) is 0 Å². The fourth-order valence-corrected chi connectivity index (χ4v) is 0.927. The molecule has 13 heavy (non-hydrogen) atoms. The highest BCUT2D eigenvalue weighted by Gasteiger charge is 2.04. The first kappa shape index (κ1) is 9.05. The third kappa shape index (κ3) is 1.96. The molecule has 1 aromatic carbocycles. The van der Waals surface area contributed by atoms with Gasteiger partial charge < -0.3 is 5.84 Å². The molecule has 1 rings (SSSR count). The van der Waals surface area contributed by atoms with Crippen molar-refractivity contribution >= 4 is 12.1 Å². The molecule has 0 fully saturated rings. The number of hydrogen-bond donors (Lipinski definition) is 2. The van der Waals surface area contributed by atoms with Crippen LogP contribution in [0.15, 0.2) is 34.6 Å². The molecular weight excluding hydrogens is 168 g/mol. The molecule has 0 spiro atoms. The topological polar surface area (TPSA) is 91.7 Å². The van der Waals surface area contributed by atoms with Crippen LogP contribution in [0.5, 0.6) is 0 Å². The van der Waals surface area contributed by atoms with Crippen LogP contribution < -0.4 is 5.84 Å². The summed E-state index contributed by atoms with van der Waals surface area (Å²) in [6.45, 7) is 0. The van der Waals surface area contributed by atoms with Gasteiger partial charge in [0.2, 0.25) is 0 Å². The summed E-state index contributed by atoms with van der Waals surface area (Å²) in [5.41, 5.74) is 0.826. The first-order valence-corrected chi connectivity index (χ1v) is 3.53. The first-order valence-electron chi connectivity index (χ1n) is 3.53. The Bertz CT molecular complexity index is 359. The van der Waals surface area contributed by atoms with Crippen molar-refractivity contribution in [3.05, 3.63) is 35.4 Å². The number of rotatable bonds is 2. The van der Waals surface area contributed by atoms with Crippen molar-refractivity contribution in [2.75, 3.05) is 0 Å². The zero-order chi connectivity index (χ0) is 9.68. The van der Waals surface area contributed by atoms with Crippen molar-refractivity contribution in [1.29, 1.82) is 5.41 Å². The largest absolute Gasteiger partial charge is 0.305 e. The smallest absolute Gasteiger partial charge is 0.176 e. The van der Waals surface area contributed by atoms with E-state index in [0.29, 0.717) is 17.4 Å². The Morgan fingerprint density at radius 2 is 2.15 bits per heavy atom. The minimum atomic E-state index is -0.120. The molecule has 0 unspecified atom stereocenters. The summed E-state index contributed by atoms with van der Waals surface area (Å²) < 4.78 is 0. The lowest BCUT2D eigenvalue weighted by Crippen LogP contribution is -2.00. The van der Waals surface area contributed by atoms with E-state index in [1.807, 2.05) is 0 Å². The van der Waals surface area contributed by atoms with E-state index in [1.54, 1.807) is 24.3 Å². The number of hydrogen-bond acceptors (Lipinski definition) is 3. The molecule has 0 radical (unpaired) electrons. The Morgan fingerprint density at radius 3 is 2.77 bits per heavy atom. The maximum Gasteiger partial charge on any atom is 0.176 e. The lowest BCUT2D eigenvalue weighted by atomic mass is 10.1. The highest BCUT2D eigenvalue weighted by molar-refractivity contribution is 6.03. The van der Waals surface area contributed by atoms with Gasteiger partial charge in [-0.05, 0) is 0 Å². The molecule has 3 N–H and O–H groups in total. The minimum absolute atomic E-state index is 0.120. The van der Waals surface area contributed by atoms with Crippen LogP contribution in [0.1, 0.15) is 15.9 Å². The van der Waals surface area contributed by atoms with Crippen LogP contribution in [-0.4, -0.2) is 12.1 Å². The summed E-state index contributed by atoms with van der Waals surface area (Å²) in [7, 11) is 0. The van der Waals surface area contributed by atoms with E-state index in [4.69, 9.17) is 11.3 Å². The normalized spacial score (nSPS) is 10.2. The highest BCUT2D eigenvalue weighted by Crippen LogP contribution is 2.07. The molecule has 0 amide bonds. The summed E-state index contributed by atoms with van der Waals surface area (Å²) in [6, 6.07) is 6.63. The molecule has 0 aromatic heterocycles. The van der Waals surface area contributed by atoms with Gasteiger partial charge in [-0.2, -0.15) is 0 Å². The Balaban J connectivity index is 3.12. The number of carbonyl (C=O) groups is 1. The van der Waals surface area contributed by atoms with Crippen molar-refractivity contribution in [3.8, 4) is 0 Å². The monoisotopic (exact) mass is 176 g/mol. The van der Waals surface area contributed by atoms with Crippen LogP contribution in [0.3, 0.4) is 0 Å². The SMILES string of the molecule is N=C(N=NN)c1ccccc1C=O. The van der Waals surface area contributed by atoms with Gasteiger partial charge in [0.25, 0.3) is 0 Å². The molecule has 0 bridgehead atoms. The van der Waals surface area contributed by atoms with E-state index in [1.165, 1.54) is 0 Å². The second kappa shape index (κ2) is 4.10. The molecule has 0 aliphatic heterocycles. The number of carbonyl (C=O) groups excluding carboxylic acids is 1. The van der Waals surface area contributed by atoms with E-state index >= 15 is 0 Å². The van der Waals surface area contributed by atoms with E-state index in [0.717, 1.165) is 0 Å². The molecule has 0 aliphatic carbocycles. The fourth-order valence-electron chi connectivity index (χ4n) is 0.927. The Kier molecular flexibility index (Phi) is 2.86. The Morgan fingerprint density at radius 1 is 1.46 bits per heavy atom. The molecular formula is C8H8N4O. The summed E-state index contributed by atoms with van der Waals surface area (Å²) >= 11 is 0. The van der Waals surface area contributed by atoms with Gasteiger partial charge in [-0.1, -0.05) is 29.5 Å². The van der Waals surface area contributed by atoms with Gasteiger partial charge in [-0.3, -0.25) is 10.2 Å². The third-order valence-electron chi connectivity index (χ3n) is 1.50. The molecule has 0 aliphatic rings. The lowest BCUT2D eigenvalue weighted by Gasteiger charge is -1.99. The standard InChI is InChI=1S/C8H8N4O/c9-8(11-12-10)7-4-2-1-3-6(7)5-13/h1-5H,(H3,9,10,11). The number of nitrogens with two attached hydrogens (primary N) is 1. The number of nitrogens with zero attached hydrogens (tertiary/aromatic N) is 2. The average Bonchev–Trinajstić information content (AvgIpc) is 2.18. The van der Waals surface area contributed by atoms with E-state index in [-0.39, 0.29) is 5.84 Å². The maximum atomic E-state index is 10.5. The molecule has 0 saturated heterocycles. The predicted molar refractivity (Wildman–Crippen MR) is 47.7 cm³/mol. The van der Waals surface area contributed by atoms with Crippen molar-refractivity contribution < 1.29 is 4.79 Å². The first-order chi connectivity index (χ1) is 6.29. The van der Waals surface area contributed by atoms with Crippen LogP contribution in [0, 0.1) is 5.41 Å². The Hall–Kier alpha value is -2.04. The minimum Gasteiger partial charge on any atom is -0.305 e. The van der Waals surface area contributed by atoms with Gasteiger partial charge in [0.1, 0.15) is 0 Å². The molecule has 5 nitrogen and oxygen atoms in total. The maximum absolute atomic E-state index is 10.5. The second-order valence-corrected chi connectivity index (χ2v) is 2.27. The summed E-state index contributed by atoms with van der Waals surface area (Å²) in [5.74, 6) is 4.67. The van der Waals surface area contributed by atoms with Gasteiger partial charge in [0.05, 0.1) is 0 Å². The number of amidine groups is 1. The van der Waals surface area contributed by atoms with E-state index < -0.39 is 0 Å². The molecule has 0 saturated carbocycles. The van der Waals surface area contributed by atoms with Crippen LogP contribution in [0.25, 0.3) is 0 Å². The summed E-state index contributed by atoms with van der Waals surface area (Å²) in [4.78, 5) is 10.5. The molecule has 0 atom stereocenters. The fraction of sp³-hybridized carbons (Fsp3) is 0. The van der Waals surface area contributed by atoms with Crippen molar-refractivity contribution in [2.45, 2.75) is 0 Å². The quantitative estimate of drug-likeness (QED) is 0.177. The zero-order valence-corrected chi connectivity index (χ0v) is 6.77. The third-order valence-corrected chi connectivity index (χ3v) is 1.50. The van der Waals surface area contributed by atoms with Crippen molar-refractivity contribution in [2.24, 2.45) is 16.2 Å². The zero-order valence-electron chi connectivity index (χ0n) is 6.77. The van der Waals surface area contributed by atoms with E-state index in [2.05, 4.69) is 10.3 Å². The highest BCUT2D eigenvalue weighted by atomic mass is 16.1. The van der Waals surface area contributed by atoms with Gasteiger partial charge in [-0.15, -0.1) is 5.11 Å². The molecule has 5 heteroatoms. The van der Waals surface area contributed by atoms with Crippen LogP contribution in [0.4, 0.5) is 0 Å². The number of benzene rings is 1. The Labute approximate surface area is 74.8 Å². The summed E-state index contributed by atoms with van der Waals surface area (Å²) in [6.07, 6.45) is 0.663. The molecule has 1 aromatic rings. The molecule has 0 heterocycles. The van der Waals surface area contributed by atoms with Gasteiger partial charge in [-0.25, -0.2) is 0 Å². The summed E-state index contributed by atoms with van der Waals surface area (Å²) in [5, 5.41) is 13.7. The van der Waals surface area contributed by atoms with Gasteiger partial charge >= 0.3 is 0 Å². The average molecular weight is 176 g/mol. The molecule has 66 valence electrons.